The van der Waals surface area contributed by atoms with E-state index in [1.807, 2.05) is 0 Å². The maximum Gasteiger partial charge on any atom is 0.417 e. The number of halogens is 4. The lowest BCUT2D eigenvalue weighted by Gasteiger charge is -2.09. The Hall–Kier alpha value is -2.81. The van der Waals surface area contributed by atoms with Crippen molar-refractivity contribution in [1.82, 2.24) is 4.98 Å². The molecule has 2 rings (SSSR count). The zero-order valence-electron chi connectivity index (χ0n) is 13.6. The fourth-order valence-corrected chi connectivity index (χ4v) is 2.06. The van der Waals surface area contributed by atoms with Crippen molar-refractivity contribution in [1.29, 1.82) is 0 Å². The van der Waals surface area contributed by atoms with Crippen molar-refractivity contribution in [2.75, 3.05) is 12.5 Å². The third-order valence-corrected chi connectivity index (χ3v) is 3.28. The molecule has 0 aliphatic carbocycles. The number of nitrogens with one attached hydrogen (secondary N) is 1. The van der Waals surface area contributed by atoms with Crippen LogP contribution in [0.4, 0.5) is 19.0 Å². The number of methoxy groups -OCH3 is 1. The van der Waals surface area contributed by atoms with E-state index in [9.17, 15) is 18.0 Å². The minimum Gasteiger partial charge on any atom is -0.493 e. The maximum absolute atomic E-state index is 12.6. The Morgan fingerprint density at radius 3 is 2.62 bits per heavy atom. The van der Waals surface area contributed by atoms with Gasteiger partial charge in [0.15, 0.2) is 17.3 Å². The van der Waals surface area contributed by atoms with E-state index in [4.69, 9.17) is 21.1 Å². The molecule has 6 nitrogen and oxygen atoms in total. The number of ether oxygens (including phenoxy) is 2. The molecule has 0 atom stereocenters. The van der Waals surface area contributed by atoms with E-state index in [-0.39, 0.29) is 16.6 Å². The monoisotopic (exact) mass is 387 g/mol. The first-order valence-electron chi connectivity index (χ1n) is 7.09. The second-order valence-corrected chi connectivity index (χ2v) is 5.33. The number of anilines is 1. The molecule has 0 saturated heterocycles. The summed E-state index contributed by atoms with van der Waals surface area (Å²) in [5.41, 5.74) is 2.08. The Morgan fingerprint density at radius 2 is 2.04 bits per heavy atom. The summed E-state index contributed by atoms with van der Waals surface area (Å²) in [6, 6.07) is 5.44. The lowest BCUT2D eigenvalue weighted by molar-refractivity contribution is -0.137. The molecule has 138 valence electrons. The summed E-state index contributed by atoms with van der Waals surface area (Å²) in [5.74, 6) is 0.0428. The lowest BCUT2D eigenvalue weighted by atomic mass is 10.2. The third-order valence-electron chi connectivity index (χ3n) is 2.99. The first-order valence-corrected chi connectivity index (χ1v) is 7.46. The van der Waals surface area contributed by atoms with Gasteiger partial charge in [0, 0.05) is 13.1 Å². The highest BCUT2D eigenvalue weighted by Gasteiger charge is 2.31. The van der Waals surface area contributed by atoms with E-state index in [1.165, 1.54) is 26.3 Å². The first kappa shape index (κ1) is 19.5. The lowest BCUT2D eigenvalue weighted by Crippen LogP contribution is -2.06. The molecule has 0 unspecified atom stereocenters. The Kier molecular flexibility index (Phi) is 6.04. The summed E-state index contributed by atoms with van der Waals surface area (Å²) in [7, 11) is 1.41. The van der Waals surface area contributed by atoms with Crippen molar-refractivity contribution in [2.45, 2.75) is 13.1 Å². The van der Waals surface area contributed by atoms with Gasteiger partial charge in [-0.1, -0.05) is 11.6 Å². The minimum atomic E-state index is -4.53. The van der Waals surface area contributed by atoms with Crippen LogP contribution in [0.5, 0.6) is 11.5 Å². The molecule has 0 aliphatic heterocycles. The van der Waals surface area contributed by atoms with Gasteiger partial charge in [0.1, 0.15) is 0 Å². The molecular weight excluding hydrogens is 375 g/mol. The Labute approximate surface area is 151 Å². The van der Waals surface area contributed by atoms with Crippen LogP contribution in [0.1, 0.15) is 18.1 Å². The zero-order valence-corrected chi connectivity index (χ0v) is 14.4. The molecule has 0 amide bonds. The van der Waals surface area contributed by atoms with Crippen molar-refractivity contribution in [3.63, 3.8) is 0 Å². The van der Waals surface area contributed by atoms with Gasteiger partial charge in [-0.2, -0.15) is 18.3 Å². The number of esters is 1. The van der Waals surface area contributed by atoms with Gasteiger partial charge in [0.05, 0.1) is 23.9 Å². The average molecular weight is 388 g/mol. The number of alkyl halides is 3. The van der Waals surface area contributed by atoms with Gasteiger partial charge < -0.3 is 9.47 Å². The molecule has 10 heteroatoms. The van der Waals surface area contributed by atoms with Crippen LogP contribution >= 0.6 is 11.6 Å². The van der Waals surface area contributed by atoms with Gasteiger partial charge >= 0.3 is 12.1 Å². The molecule has 1 N–H and O–H groups in total. The van der Waals surface area contributed by atoms with Gasteiger partial charge in [-0.3, -0.25) is 10.2 Å². The molecule has 0 spiro atoms. The van der Waals surface area contributed by atoms with E-state index in [1.54, 1.807) is 12.1 Å². The van der Waals surface area contributed by atoms with Gasteiger partial charge in [0.2, 0.25) is 0 Å². The molecular formula is C16H13ClF3N3O3. The molecule has 0 aliphatic rings. The average Bonchev–Trinajstić information content (AvgIpc) is 2.56. The van der Waals surface area contributed by atoms with Crippen molar-refractivity contribution in [3.8, 4) is 11.5 Å². The Balaban J connectivity index is 2.12. The SMILES string of the molecule is COc1cc(/C=N\Nc2ncc(C(F)(F)F)cc2Cl)ccc1OC(C)=O. The second-order valence-electron chi connectivity index (χ2n) is 4.93. The quantitative estimate of drug-likeness (QED) is 0.361. The number of hydrogen-bond donors (Lipinski definition) is 1. The van der Waals surface area contributed by atoms with Crippen LogP contribution in [0.2, 0.25) is 5.02 Å². The maximum atomic E-state index is 12.6. The summed E-state index contributed by atoms with van der Waals surface area (Å²) in [5, 5.41) is 3.64. The summed E-state index contributed by atoms with van der Waals surface area (Å²) >= 11 is 5.77. The van der Waals surface area contributed by atoms with Crippen LogP contribution in [0, 0.1) is 0 Å². The number of nitrogens with zero attached hydrogens (tertiary/aromatic N) is 2. The molecule has 0 saturated carbocycles. The molecule has 0 bridgehead atoms. The number of pyridine rings is 1. The highest BCUT2D eigenvalue weighted by atomic mass is 35.5. The van der Waals surface area contributed by atoms with E-state index in [2.05, 4.69) is 15.5 Å². The smallest absolute Gasteiger partial charge is 0.417 e. The fraction of sp³-hybridized carbons (Fsp3) is 0.188. The molecule has 0 fully saturated rings. The van der Waals surface area contributed by atoms with Gasteiger partial charge in [-0.15, -0.1) is 0 Å². The fourth-order valence-electron chi connectivity index (χ4n) is 1.85. The van der Waals surface area contributed by atoms with Gasteiger partial charge in [0.25, 0.3) is 0 Å². The van der Waals surface area contributed by atoms with Crippen LogP contribution in [0.25, 0.3) is 0 Å². The van der Waals surface area contributed by atoms with Crippen LogP contribution in [-0.2, 0) is 11.0 Å². The van der Waals surface area contributed by atoms with E-state index < -0.39 is 17.7 Å². The van der Waals surface area contributed by atoms with Crippen LogP contribution in [-0.4, -0.2) is 24.3 Å². The zero-order chi connectivity index (χ0) is 19.3. The molecule has 2 aromatic rings. The van der Waals surface area contributed by atoms with Gasteiger partial charge in [-0.05, 0) is 29.8 Å². The molecule has 0 radical (unpaired) electrons. The van der Waals surface area contributed by atoms with Crippen molar-refractivity contribution in [3.05, 3.63) is 46.6 Å². The van der Waals surface area contributed by atoms with Crippen molar-refractivity contribution < 1.29 is 27.4 Å². The normalized spacial score (nSPS) is 11.5. The topological polar surface area (TPSA) is 72.8 Å². The summed E-state index contributed by atoms with van der Waals surface area (Å²) in [6.07, 6.45) is -2.50. The number of hydrazone groups is 1. The third kappa shape index (κ3) is 5.09. The summed E-state index contributed by atoms with van der Waals surface area (Å²) in [4.78, 5) is 14.6. The van der Waals surface area contributed by atoms with Crippen LogP contribution in [0.15, 0.2) is 35.6 Å². The standard InChI is InChI=1S/C16H13ClF3N3O3/c1-9(24)26-13-4-3-10(5-14(13)25-2)7-22-23-15-12(17)6-11(8-21-15)16(18,19)20/h3-8H,1-2H3,(H,21,23)/b22-7-. The van der Waals surface area contributed by atoms with Crippen LogP contribution in [0.3, 0.4) is 0 Å². The first-order chi connectivity index (χ1) is 12.2. The van der Waals surface area contributed by atoms with Crippen molar-refractivity contribution in [2.24, 2.45) is 5.10 Å². The van der Waals surface area contributed by atoms with Crippen LogP contribution < -0.4 is 14.9 Å². The summed E-state index contributed by atoms with van der Waals surface area (Å²) < 4.78 is 47.8. The number of carbonyl (C=O) groups excluding carboxylic acids is 1. The number of rotatable bonds is 5. The Bertz CT molecular complexity index is 841. The minimum absolute atomic E-state index is 0.0283. The van der Waals surface area contributed by atoms with E-state index in [0.717, 1.165) is 6.07 Å². The predicted molar refractivity (Wildman–Crippen MR) is 89.8 cm³/mol. The van der Waals surface area contributed by atoms with Crippen molar-refractivity contribution >= 4 is 29.6 Å². The number of carbonyl (C=O) groups is 1. The molecule has 26 heavy (non-hydrogen) atoms. The highest BCUT2D eigenvalue weighted by Crippen LogP contribution is 2.32. The highest BCUT2D eigenvalue weighted by molar-refractivity contribution is 6.32. The Morgan fingerprint density at radius 1 is 1.31 bits per heavy atom. The number of hydrogen-bond acceptors (Lipinski definition) is 6. The van der Waals surface area contributed by atoms with E-state index >= 15 is 0 Å². The predicted octanol–water partition coefficient (Wildman–Crippen LogP) is 4.13. The number of aromatic nitrogens is 1. The molecule has 1 heterocycles. The number of benzene rings is 1. The second kappa shape index (κ2) is 8.05. The van der Waals surface area contributed by atoms with E-state index in [0.29, 0.717) is 17.5 Å². The van der Waals surface area contributed by atoms with Gasteiger partial charge in [-0.25, -0.2) is 4.98 Å². The molecule has 1 aromatic heterocycles. The molecule has 1 aromatic carbocycles. The summed E-state index contributed by atoms with van der Waals surface area (Å²) in [6.45, 7) is 1.26. The largest absolute Gasteiger partial charge is 0.493 e.